The van der Waals surface area contributed by atoms with Gasteiger partial charge in [-0.1, -0.05) is 6.42 Å². The maximum Gasteiger partial charge on any atom is 0.280 e. The minimum Gasteiger partial charge on any atom is -0.348 e. The number of hydrogen-bond donors (Lipinski definition) is 1. The minimum absolute atomic E-state index is 0.0687. The zero-order chi connectivity index (χ0) is 15.7. The summed E-state index contributed by atoms with van der Waals surface area (Å²) in [5, 5.41) is 6.80. The molecule has 2 heterocycles. The predicted octanol–water partition coefficient (Wildman–Crippen LogP) is 2.10. The predicted molar refractivity (Wildman–Crippen MR) is 77.9 cm³/mol. The highest BCUT2D eigenvalue weighted by atomic mass is 19.3. The molecule has 0 aromatic carbocycles. The Morgan fingerprint density at radius 2 is 2.00 bits per heavy atom. The van der Waals surface area contributed by atoms with Crippen molar-refractivity contribution in [1.82, 2.24) is 20.0 Å². The lowest BCUT2D eigenvalue weighted by Gasteiger charge is -2.41. The van der Waals surface area contributed by atoms with E-state index in [4.69, 9.17) is 0 Å². The van der Waals surface area contributed by atoms with E-state index < -0.39 is 6.43 Å². The number of hydrogen-bond acceptors (Lipinski definition) is 3. The van der Waals surface area contributed by atoms with E-state index >= 15 is 0 Å². The fraction of sp³-hybridized carbons (Fsp3) is 0.733. The van der Waals surface area contributed by atoms with E-state index in [0.717, 1.165) is 36.7 Å². The summed E-state index contributed by atoms with van der Waals surface area (Å²) in [5.74, 6) is -0.357. The van der Waals surface area contributed by atoms with Gasteiger partial charge in [0, 0.05) is 32.2 Å². The minimum atomic E-state index is -2.62. The Balaban J connectivity index is 1.53. The van der Waals surface area contributed by atoms with Gasteiger partial charge < -0.3 is 10.2 Å². The number of rotatable bonds is 4. The highest BCUT2D eigenvalue weighted by Crippen LogP contribution is 2.27. The number of alkyl halides is 2. The van der Waals surface area contributed by atoms with Crippen molar-refractivity contribution >= 4 is 5.91 Å². The van der Waals surface area contributed by atoms with Crippen LogP contribution < -0.4 is 5.32 Å². The summed E-state index contributed by atoms with van der Waals surface area (Å²) in [4.78, 5) is 14.6. The highest BCUT2D eigenvalue weighted by Gasteiger charge is 2.29. The van der Waals surface area contributed by atoms with Crippen LogP contribution in [0.5, 0.6) is 0 Å². The van der Waals surface area contributed by atoms with Gasteiger partial charge in [-0.05, 0) is 31.7 Å². The van der Waals surface area contributed by atoms with E-state index in [1.165, 1.54) is 32.4 Å². The first-order valence-electron chi connectivity index (χ1n) is 7.91. The van der Waals surface area contributed by atoms with Crippen molar-refractivity contribution in [2.75, 3.05) is 13.1 Å². The van der Waals surface area contributed by atoms with Crippen LogP contribution in [0.4, 0.5) is 8.78 Å². The fourth-order valence-corrected chi connectivity index (χ4v) is 3.22. The third kappa shape index (κ3) is 3.14. The molecular weight excluding hydrogens is 290 g/mol. The number of nitrogens with zero attached hydrogens (tertiary/aromatic N) is 3. The Morgan fingerprint density at radius 3 is 2.50 bits per heavy atom. The highest BCUT2D eigenvalue weighted by molar-refractivity contribution is 5.92. The average Bonchev–Trinajstić information content (AvgIpc) is 2.81. The zero-order valence-corrected chi connectivity index (χ0v) is 12.8. The number of carbonyl (C=O) groups excluding carboxylic acids is 1. The van der Waals surface area contributed by atoms with Crippen molar-refractivity contribution in [2.45, 2.75) is 50.6 Å². The molecule has 0 spiro atoms. The lowest BCUT2D eigenvalue weighted by Crippen LogP contribution is -2.49. The van der Waals surface area contributed by atoms with Crippen LogP contribution in [0.3, 0.4) is 0 Å². The number of carbonyl (C=O) groups is 1. The lowest BCUT2D eigenvalue weighted by molar-refractivity contribution is 0.0797. The normalized spacial score (nSPS) is 21.1. The molecular formula is C15H22F2N4O. The SMILES string of the molecule is Cn1nc(C(=O)NC2CCN(C3CCC3)CC2)cc1C(F)F. The van der Waals surface area contributed by atoms with Crippen LogP contribution in [-0.4, -0.2) is 45.8 Å². The van der Waals surface area contributed by atoms with Crippen LogP contribution >= 0.6 is 0 Å². The second kappa shape index (κ2) is 6.32. The molecule has 5 nitrogen and oxygen atoms in total. The standard InChI is InChI=1S/C15H22F2N4O/c1-20-13(14(16)17)9-12(19-20)15(22)18-10-5-7-21(8-6-10)11-3-2-4-11/h9-11,14H,2-8H2,1H3,(H,18,22). The van der Waals surface area contributed by atoms with Crippen molar-refractivity contribution in [3.05, 3.63) is 17.5 Å². The number of halogens is 2. The van der Waals surface area contributed by atoms with Crippen LogP contribution in [0, 0.1) is 0 Å². The summed E-state index contributed by atoms with van der Waals surface area (Å²) in [7, 11) is 1.43. The van der Waals surface area contributed by atoms with E-state index in [1.54, 1.807) is 0 Å². The zero-order valence-electron chi connectivity index (χ0n) is 12.8. The second-order valence-electron chi connectivity index (χ2n) is 6.25. The third-order valence-corrected chi connectivity index (χ3v) is 4.83. The first kappa shape index (κ1) is 15.4. The Morgan fingerprint density at radius 1 is 1.32 bits per heavy atom. The van der Waals surface area contributed by atoms with Crippen molar-refractivity contribution in [3.8, 4) is 0 Å². The van der Waals surface area contributed by atoms with Gasteiger partial charge in [-0.2, -0.15) is 5.10 Å². The largest absolute Gasteiger partial charge is 0.348 e. The maximum absolute atomic E-state index is 12.7. The van der Waals surface area contributed by atoms with Crippen LogP contribution in [0.2, 0.25) is 0 Å². The molecule has 1 amide bonds. The van der Waals surface area contributed by atoms with E-state index in [-0.39, 0.29) is 23.3 Å². The quantitative estimate of drug-likeness (QED) is 0.926. The molecule has 1 aliphatic heterocycles. The molecule has 1 N–H and O–H groups in total. The summed E-state index contributed by atoms with van der Waals surface area (Å²) in [6.07, 6.45) is 3.12. The summed E-state index contributed by atoms with van der Waals surface area (Å²) >= 11 is 0. The van der Waals surface area contributed by atoms with Gasteiger partial charge in [0.05, 0.1) is 0 Å². The van der Waals surface area contributed by atoms with E-state index in [1.807, 2.05) is 0 Å². The van der Waals surface area contributed by atoms with E-state index in [9.17, 15) is 13.6 Å². The monoisotopic (exact) mass is 312 g/mol. The van der Waals surface area contributed by atoms with Gasteiger partial charge in [0.15, 0.2) is 5.69 Å². The van der Waals surface area contributed by atoms with Gasteiger partial charge in [0.25, 0.3) is 12.3 Å². The van der Waals surface area contributed by atoms with Gasteiger partial charge in [0.2, 0.25) is 0 Å². The summed E-state index contributed by atoms with van der Waals surface area (Å²) in [6, 6.07) is 2.02. The maximum atomic E-state index is 12.7. The van der Waals surface area contributed by atoms with E-state index in [0.29, 0.717) is 0 Å². The smallest absolute Gasteiger partial charge is 0.280 e. The Bertz CT molecular complexity index is 534. The van der Waals surface area contributed by atoms with Crippen molar-refractivity contribution < 1.29 is 13.6 Å². The Hall–Kier alpha value is -1.50. The van der Waals surface area contributed by atoms with Crippen LogP contribution in [-0.2, 0) is 7.05 Å². The summed E-state index contributed by atoms with van der Waals surface area (Å²) < 4.78 is 26.5. The van der Waals surface area contributed by atoms with Crippen molar-refractivity contribution in [2.24, 2.45) is 7.05 Å². The average molecular weight is 312 g/mol. The molecule has 122 valence electrons. The molecule has 0 bridgehead atoms. The molecule has 1 aromatic rings. The third-order valence-electron chi connectivity index (χ3n) is 4.83. The molecule has 0 unspecified atom stereocenters. The van der Waals surface area contributed by atoms with Crippen LogP contribution in [0.25, 0.3) is 0 Å². The number of nitrogens with one attached hydrogen (secondary N) is 1. The number of amides is 1. The van der Waals surface area contributed by atoms with Crippen LogP contribution in [0.1, 0.15) is 54.7 Å². The van der Waals surface area contributed by atoms with Gasteiger partial charge in [-0.25, -0.2) is 8.78 Å². The molecule has 2 aliphatic rings. The first-order valence-corrected chi connectivity index (χ1v) is 7.91. The molecule has 22 heavy (non-hydrogen) atoms. The van der Waals surface area contributed by atoms with Gasteiger partial charge in [-0.3, -0.25) is 9.48 Å². The molecule has 3 rings (SSSR count). The number of likely N-dealkylation sites (tertiary alicyclic amines) is 1. The summed E-state index contributed by atoms with van der Waals surface area (Å²) in [5.41, 5.74) is -0.163. The van der Waals surface area contributed by atoms with Gasteiger partial charge in [0.1, 0.15) is 5.69 Å². The molecule has 7 heteroatoms. The van der Waals surface area contributed by atoms with E-state index in [2.05, 4.69) is 15.3 Å². The molecule has 1 saturated carbocycles. The summed E-state index contributed by atoms with van der Waals surface area (Å²) in [6.45, 7) is 2.00. The van der Waals surface area contributed by atoms with Gasteiger partial charge in [-0.15, -0.1) is 0 Å². The topological polar surface area (TPSA) is 50.2 Å². The Kier molecular flexibility index (Phi) is 4.42. The second-order valence-corrected chi connectivity index (χ2v) is 6.25. The fourth-order valence-electron chi connectivity index (χ4n) is 3.22. The first-order chi connectivity index (χ1) is 10.5. The number of aromatic nitrogens is 2. The molecule has 1 aliphatic carbocycles. The molecule has 0 atom stereocenters. The molecule has 1 saturated heterocycles. The molecule has 2 fully saturated rings. The van der Waals surface area contributed by atoms with Crippen molar-refractivity contribution in [3.63, 3.8) is 0 Å². The number of piperidine rings is 1. The molecule has 1 aromatic heterocycles. The van der Waals surface area contributed by atoms with Crippen LogP contribution in [0.15, 0.2) is 6.07 Å². The Labute approximate surface area is 128 Å². The van der Waals surface area contributed by atoms with Crippen molar-refractivity contribution in [1.29, 1.82) is 0 Å². The molecule has 0 radical (unpaired) electrons. The number of aryl methyl sites for hydroxylation is 1. The van der Waals surface area contributed by atoms with Gasteiger partial charge >= 0.3 is 0 Å². The lowest BCUT2D eigenvalue weighted by atomic mass is 9.89.